The third-order valence-electron chi connectivity index (χ3n) is 5.10. The molecule has 1 aliphatic heterocycles. The summed E-state index contributed by atoms with van der Waals surface area (Å²) in [5, 5.41) is 17.0. The number of amides is 1. The van der Waals surface area contributed by atoms with Gasteiger partial charge in [-0.1, -0.05) is 18.2 Å². The van der Waals surface area contributed by atoms with Crippen molar-refractivity contribution in [1.82, 2.24) is 0 Å². The van der Waals surface area contributed by atoms with Crippen LogP contribution in [-0.4, -0.2) is 16.5 Å². The van der Waals surface area contributed by atoms with Crippen LogP contribution < -0.4 is 5.01 Å². The van der Waals surface area contributed by atoms with Gasteiger partial charge in [0, 0.05) is 17.2 Å². The molecule has 0 saturated heterocycles. The average molecular weight is 401 g/mol. The Balaban J connectivity index is 1.66. The van der Waals surface area contributed by atoms with Gasteiger partial charge in [0.05, 0.1) is 21.9 Å². The van der Waals surface area contributed by atoms with Gasteiger partial charge in [0.1, 0.15) is 11.5 Å². The quantitative estimate of drug-likeness (QED) is 0.338. The summed E-state index contributed by atoms with van der Waals surface area (Å²) in [7, 11) is 0. The number of aryl methyl sites for hydroxylation is 1. The molecule has 0 unspecified atom stereocenters. The highest BCUT2D eigenvalue weighted by Gasteiger charge is 2.29. The second-order valence-electron chi connectivity index (χ2n) is 7.09. The Morgan fingerprint density at radius 2 is 1.80 bits per heavy atom. The fourth-order valence-electron chi connectivity index (χ4n) is 3.33. The second kappa shape index (κ2) is 7.44. The van der Waals surface area contributed by atoms with Gasteiger partial charge in [-0.2, -0.15) is 10.1 Å². The Morgan fingerprint density at radius 3 is 2.50 bits per heavy atom. The molecular weight excluding hydrogens is 382 g/mol. The van der Waals surface area contributed by atoms with E-state index < -0.39 is 4.92 Å². The van der Waals surface area contributed by atoms with Crippen LogP contribution in [0, 0.1) is 24.0 Å². The number of para-hydroxylation sites is 1. The Kier molecular flexibility index (Phi) is 4.79. The maximum Gasteiger partial charge on any atom is 0.280 e. The zero-order chi connectivity index (χ0) is 21.4. The summed E-state index contributed by atoms with van der Waals surface area (Å²) in [6, 6.07) is 16.0. The normalized spacial score (nSPS) is 15.0. The molecule has 30 heavy (non-hydrogen) atoms. The first kappa shape index (κ1) is 19.3. The molecule has 4 rings (SSSR count). The number of hydrazone groups is 1. The number of nitro groups is 1. The van der Waals surface area contributed by atoms with Crippen LogP contribution in [0.25, 0.3) is 17.4 Å². The number of benzene rings is 2. The maximum absolute atomic E-state index is 12.8. The lowest BCUT2D eigenvalue weighted by atomic mass is 10.0. The molecule has 3 aromatic rings. The average Bonchev–Trinajstić information content (AvgIpc) is 3.30. The Labute approximate surface area is 173 Å². The molecular formula is C23H19N3O4. The van der Waals surface area contributed by atoms with Gasteiger partial charge in [-0.05, 0) is 62.7 Å². The fourth-order valence-corrected chi connectivity index (χ4v) is 3.33. The van der Waals surface area contributed by atoms with E-state index in [0.717, 1.165) is 5.56 Å². The predicted molar refractivity (Wildman–Crippen MR) is 115 cm³/mol. The summed E-state index contributed by atoms with van der Waals surface area (Å²) in [5.74, 6) is 0.727. The molecule has 0 aliphatic carbocycles. The number of carbonyl (C=O) groups excluding carboxylic acids is 1. The van der Waals surface area contributed by atoms with E-state index in [-0.39, 0.29) is 11.6 Å². The van der Waals surface area contributed by atoms with E-state index in [2.05, 4.69) is 5.10 Å². The number of nitrogens with zero attached hydrogens (tertiary/aromatic N) is 3. The minimum Gasteiger partial charge on any atom is -0.457 e. The predicted octanol–water partition coefficient (Wildman–Crippen LogP) is 5.28. The minimum absolute atomic E-state index is 0.0498. The van der Waals surface area contributed by atoms with Crippen molar-refractivity contribution in [1.29, 1.82) is 0 Å². The number of furan rings is 1. The molecule has 1 aliphatic rings. The number of carbonyl (C=O) groups is 1. The van der Waals surface area contributed by atoms with Crippen molar-refractivity contribution >= 4 is 29.1 Å². The van der Waals surface area contributed by atoms with Crippen LogP contribution in [0.3, 0.4) is 0 Å². The largest absolute Gasteiger partial charge is 0.457 e. The summed E-state index contributed by atoms with van der Waals surface area (Å²) >= 11 is 0. The third kappa shape index (κ3) is 3.41. The van der Waals surface area contributed by atoms with Crippen LogP contribution in [-0.2, 0) is 4.79 Å². The Hall–Kier alpha value is -4.00. The van der Waals surface area contributed by atoms with Crippen molar-refractivity contribution in [3.63, 3.8) is 0 Å². The summed E-state index contributed by atoms with van der Waals surface area (Å²) in [4.78, 5) is 23.8. The highest BCUT2D eigenvalue weighted by molar-refractivity contribution is 6.32. The molecule has 0 bridgehead atoms. The van der Waals surface area contributed by atoms with Gasteiger partial charge in [0.15, 0.2) is 0 Å². The third-order valence-corrected chi connectivity index (χ3v) is 5.10. The highest BCUT2D eigenvalue weighted by Crippen LogP contribution is 2.32. The fraction of sp³-hybridized carbons (Fsp3) is 0.130. The van der Waals surface area contributed by atoms with Crippen LogP contribution in [0.1, 0.15) is 23.8 Å². The van der Waals surface area contributed by atoms with Crippen molar-refractivity contribution in [3.05, 3.63) is 87.2 Å². The lowest BCUT2D eigenvalue weighted by Crippen LogP contribution is -2.21. The van der Waals surface area contributed by atoms with Gasteiger partial charge in [-0.3, -0.25) is 14.9 Å². The first-order valence-corrected chi connectivity index (χ1v) is 9.38. The van der Waals surface area contributed by atoms with E-state index in [1.165, 1.54) is 11.1 Å². The zero-order valence-electron chi connectivity index (χ0n) is 16.7. The van der Waals surface area contributed by atoms with E-state index >= 15 is 0 Å². The zero-order valence-corrected chi connectivity index (χ0v) is 16.7. The molecule has 150 valence electrons. The SMILES string of the molecule is CC1=NN(c2ccccc2)C(=O)/C1=C/c1ccc(-c2cc(C)c(C)c([N+](=O)[O-])c2)o1. The number of hydrogen-bond acceptors (Lipinski definition) is 5. The van der Waals surface area contributed by atoms with Gasteiger partial charge in [0.25, 0.3) is 11.6 Å². The van der Waals surface area contributed by atoms with Gasteiger partial charge in [-0.25, -0.2) is 0 Å². The maximum atomic E-state index is 12.8. The van der Waals surface area contributed by atoms with Crippen molar-refractivity contribution in [2.45, 2.75) is 20.8 Å². The van der Waals surface area contributed by atoms with Crippen molar-refractivity contribution < 1.29 is 14.1 Å². The number of nitro benzene ring substituents is 1. The molecule has 0 fully saturated rings. The van der Waals surface area contributed by atoms with E-state index in [4.69, 9.17) is 4.42 Å². The summed E-state index contributed by atoms with van der Waals surface area (Å²) in [6.45, 7) is 5.32. The minimum atomic E-state index is -0.396. The molecule has 0 atom stereocenters. The molecule has 1 aromatic heterocycles. The van der Waals surface area contributed by atoms with Crippen LogP contribution in [0.5, 0.6) is 0 Å². The van der Waals surface area contributed by atoms with Gasteiger partial charge < -0.3 is 4.42 Å². The van der Waals surface area contributed by atoms with Crippen molar-refractivity contribution in [2.75, 3.05) is 5.01 Å². The van der Waals surface area contributed by atoms with E-state index in [1.807, 2.05) is 43.3 Å². The lowest BCUT2D eigenvalue weighted by Gasteiger charge is -2.10. The molecule has 7 nitrogen and oxygen atoms in total. The molecule has 2 heterocycles. The Morgan fingerprint density at radius 1 is 1.07 bits per heavy atom. The van der Waals surface area contributed by atoms with Crippen LogP contribution in [0.15, 0.2) is 69.7 Å². The summed E-state index contributed by atoms with van der Waals surface area (Å²) < 4.78 is 5.87. The first-order chi connectivity index (χ1) is 14.3. The number of rotatable bonds is 4. The Bertz CT molecular complexity index is 1220. The lowest BCUT2D eigenvalue weighted by molar-refractivity contribution is -0.385. The van der Waals surface area contributed by atoms with E-state index in [1.54, 1.807) is 32.1 Å². The summed E-state index contributed by atoms with van der Waals surface area (Å²) in [5.41, 5.74) is 3.81. The van der Waals surface area contributed by atoms with Crippen molar-refractivity contribution in [3.8, 4) is 11.3 Å². The first-order valence-electron chi connectivity index (χ1n) is 9.38. The molecule has 0 saturated carbocycles. The second-order valence-corrected chi connectivity index (χ2v) is 7.09. The monoisotopic (exact) mass is 401 g/mol. The molecule has 2 aromatic carbocycles. The molecule has 0 N–H and O–H groups in total. The number of hydrogen-bond donors (Lipinski definition) is 0. The molecule has 1 amide bonds. The van der Waals surface area contributed by atoms with Gasteiger partial charge in [0.2, 0.25) is 0 Å². The molecule has 0 spiro atoms. The van der Waals surface area contributed by atoms with E-state index in [9.17, 15) is 14.9 Å². The van der Waals surface area contributed by atoms with Crippen LogP contribution >= 0.6 is 0 Å². The topological polar surface area (TPSA) is 89.0 Å². The smallest absolute Gasteiger partial charge is 0.280 e. The van der Waals surface area contributed by atoms with Crippen LogP contribution in [0.2, 0.25) is 0 Å². The molecule has 0 radical (unpaired) electrons. The number of anilines is 1. The molecule has 7 heteroatoms. The van der Waals surface area contributed by atoms with Gasteiger partial charge in [-0.15, -0.1) is 0 Å². The van der Waals surface area contributed by atoms with E-state index in [0.29, 0.717) is 39.6 Å². The summed E-state index contributed by atoms with van der Waals surface area (Å²) in [6.07, 6.45) is 1.64. The van der Waals surface area contributed by atoms with Gasteiger partial charge >= 0.3 is 0 Å². The highest BCUT2D eigenvalue weighted by atomic mass is 16.6. The van der Waals surface area contributed by atoms with Crippen molar-refractivity contribution in [2.24, 2.45) is 5.10 Å². The standard InChI is InChI=1S/C23H19N3O4/c1-14-11-17(12-21(15(14)2)26(28)29)22-10-9-19(30-22)13-20-16(3)24-25(23(20)27)18-7-5-4-6-8-18/h4-13H,1-3H3/b20-13+. The van der Waals surface area contributed by atoms with Crippen LogP contribution in [0.4, 0.5) is 11.4 Å².